The zero-order chi connectivity index (χ0) is 19.5. The van der Waals surface area contributed by atoms with Gasteiger partial charge in [0.05, 0.1) is 18.1 Å². The van der Waals surface area contributed by atoms with E-state index in [2.05, 4.69) is 15.5 Å². The summed E-state index contributed by atoms with van der Waals surface area (Å²) in [6, 6.07) is 15.9. The Labute approximate surface area is 167 Å². The lowest BCUT2D eigenvalue weighted by molar-refractivity contribution is -0.113. The number of benzene rings is 2. The number of fused-ring (bicyclic) bond motifs is 1. The maximum Gasteiger partial charge on any atom is 0.235 e. The van der Waals surface area contributed by atoms with E-state index in [-0.39, 0.29) is 11.2 Å². The fraction of sp³-hybridized carbons (Fsp3) is 0.238. The smallest absolute Gasteiger partial charge is 0.235 e. The van der Waals surface area contributed by atoms with Crippen molar-refractivity contribution in [3.05, 3.63) is 70.9 Å². The second-order valence-electron chi connectivity index (χ2n) is 6.53. The summed E-state index contributed by atoms with van der Waals surface area (Å²) in [4.78, 5) is 12.0. The fourth-order valence-corrected chi connectivity index (χ4v) is 4.41. The number of H-pyrrole nitrogens is 1. The molecule has 0 aliphatic carbocycles. The van der Waals surface area contributed by atoms with Crippen LogP contribution in [0, 0.1) is 6.92 Å². The number of carbonyl (C=O) groups excluding carboxylic acids is 1. The number of anilines is 1. The summed E-state index contributed by atoms with van der Waals surface area (Å²) in [7, 11) is 1.63. The summed E-state index contributed by atoms with van der Waals surface area (Å²) in [5.74, 6) is 2.28. The second-order valence-corrected chi connectivity index (χ2v) is 7.63. The van der Waals surface area contributed by atoms with Crippen LogP contribution in [-0.4, -0.2) is 29.0 Å². The van der Waals surface area contributed by atoms with Crippen LogP contribution in [0.4, 0.5) is 5.82 Å². The van der Waals surface area contributed by atoms with E-state index in [9.17, 15) is 4.79 Å². The number of nitrogens with zero attached hydrogens (tertiary/aromatic N) is 1. The Kier molecular flexibility index (Phi) is 5.25. The summed E-state index contributed by atoms with van der Waals surface area (Å²) in [6.07, 6.45) is 0. The third-order valence-corrected chi connectivity index (χ3v) is 5.89. The molecule has 0 bridgehead atoms. The number of nitrogens with one attached hydrogen (secondary N) is 2. The van der Waals surface area contributed by atoms with Crippen molar-refractivity contribution in [2.45, 2.75) is 18.8 Å². The van der Waals surface area contributed by atoms with Gasteiger partial charge in [-0.05, 0) is 30.2 Å². The number of amides is 1. The van der Waals surface area contributed by atoms with Crippen LogP contribution in [0.3, 0.4) is 0 Å². The zero-order valence-electron chi connectivity index (χ0n) is 15.7. The third-order valence-electron chi connectivity index (χ3n) is 4.62. The molecule has 0 spiro atoms. The van der Waals surface area contributed by atoms with Gasteiger partial charge >= 0.3 is 0 Å². The van der Waals surface area contributed by atoms with Gasteiger partial charge in [-0.2, -0.15) is 5.10 Å². The van der Waals surface area contributed by atoms with E-state index in [0.29, 0.717) is 29.7 Å². The number of rotatable bonds is 5. The lowest BCUT2D eigenvalue weighted by Gasteiger charge is -2.18. The normalized spacial score (nSPS) is 16.1. The molecular formula is C21H21N3O3S. The van der Waals surface area contributed by atoms with Crippen molar-refractivity contribution in [1.29, 1.82) is 0 Å². The highest BCUT2D eigenvalue weighted by molar-refractivity contribution is 8.00. The minimum absolute atomic E-state index is 0.0234. The van der Waals surface area contributed by atoms with Crippen LogP contribution in [0.15, 0.2) is 48.5 Å². The number of aryl methyl sites for hydroxylation is 1. The van der Waals surface area contributed by atoms with Crippen LogP contribution in [0.2, 0.25) is 0 Å². The van der Waals surface area contributed by atoms with Crippen LogP contribution in [-0.2, 0) is 11.4 Å². The Morgan fingerprint density at radius 2 is 2.00 bits per heavy atom. The number of hydrogen-bond acceptors (Lipinski definition) is 5. The number of hydrogen-bond donors (Lipinski definition) is 2. The molecule has 1 unspecified atom stereocenters. The summed E-state index contributed by atoms with van der Waals surface area (Å²) in [5, 5.41) is 10.1. The number of thioether (sulfide) groups is 1. The van der Waals surface area contributed by atoms with Crippen molar-refractivity contribution in [1.82, 2.24) is 10.2 Å². The number of ether oxygens (including phenoxy) is 2. The van der Waals surface area contributed by atoms with Gasteiger partial charge in [0.1, 0.15) is 6.61 Å². The van der Waals surface area contributed by atoms with E-state index in [1.165, 1.54) is 0 Å². The molecule has 6 nitrogen and oxygen atoms in total. The summed E-state index contributed by atoms with van der Waals surface area (Å²) in [5.41, 5.74) is 4.07. The Hall–Kier alpha value is -2.93. The van der Waals surface area contributed by atoms with Crippen molar-refractivity contribution < 1.29 is 14.3 Å². The average Bonchev–Trinajstić information content (AvgIpc) is 2.98. The number of aromatic amines is 1. The molecule has 1 aromatic heterocycles. The van der Waals surface area contributed by atoms with Gasteiger partial charge < -0.3 is 14.8 Å². The molecule has 0 saturated carbocycles. The molecule has 7 heteroatoms. The standard InChI is InChI=1S/C21H21N3O3S/c1-13-19-20(28-12-18(25)22-21(19)24-23-13)15-8-9-16(17(10-15)26-2)27-11-14-6-4-3-5-7-14/h3-10,20H,11-12H2,1-2H3,(H2,22,23,24,25). The summed E-state index contributed by atoms with van der Waals surface area (Å²) >= 11 is 1.57. The van der Waals surface area contributed by atoms with Crippen molar-refractivity contribution in [2.24, 2.45) is 0 Å². The molecule has 0 radical (unpaired) electrons. The van der Waals surface area contributed by atoms with Crippen LogP contribution < -0.4 is 14.8 Å². The SMILES string of the molecule is COc1cc(C2SCC(=O)Nc3n[nH]c(C)c32)ccc1OCc1ccccc1. The lowest BCUT2D eigenvalue weighted by Crippen LogP contribution is -2.12. The van der Waals surface area contributed by atoms with Crippen LogP contribution >= 0.6 is 11.8 Å². The van der Waals surface area contributed by atoms with E-state index in [4.69, 9.17) is 9.47 Å². The topological polar surface area (TPSA) is 76.2 Å². The van der Waals surface area contributed by atoms with Gasteiger partial charge in [-0.25, -0.2) is 0 Å². The predicted molar refractivity (Wildman–Crippen MR) is 110 cm³/mol. The Morgan fingerprint density at radius 3 is 2.79 bits per heavy atom. The molecule has 144 valence electrons. The lowest BCUT2D eigenvalue weighted by atomic mass is 10.0. The van der Waals surface area contributed by atoms with Crippen LogP contribution in [0.1, 0.15) is 27.6 Å². The Morgan fingerprint density at radius 1 is 1.18 bits per heavy atom. The highest BCUT2D eigenvalue weighted by Gasteiger charge is 2.28. The quantitative estimate of drug-likeness (QED) is 0.681. The summed E-state index contributed by atoms with van der Waals surface area (Å²) in [6.45, 7) is 2.43. The van der Waals surface area contributed by atoms with Crippen LogP contribution in [0.25, 0.3) is 0 Å². The molecule has 3 aromatic rings. The van der Waals surface area contributed by atoms with Gasteiger partial charge in [0.25, 0.3) is 0 Å². The first-order valence-corrected chi connectivity index (χ1v) is 10.0. The monoisotopic (exact) mass is 395 g/mol. The van der Waals surface area contributed by atoms with Crippen molar-refractivity contribution in [2.75, 3.05) is 18.2 Å². The molecule has 0 fully saturated rings. The molecule has 1 aliphatic rings. The largest absolute Gasteiger partial charge is 0.493 e. The van der Waals surface area contributed by atoms with E-state index in [0.717, 1.165) is 22.4 Å². The maximum atomic E-state index is 12.0. The predicted octanol–water partition coefficient (Wildman–Crippen LogP) is 4.08. The average molecular weight is 395 g/mol. The minimum Gasteiger partial charge on any atom is -0.493 e. The zero-order valence-corrected chi connectivity index (χ0v) is 16.5. The van der Waals surface area contributed by atoms with E-state index in [1.807, 2.05) is 55.5 Å². The molecule has 2 N–H and O–H groups in total. The molecule has 2 heterocycles. The Balaban J connectivity index is 1.62. The minimum atomic E-state index is -0.0463. The molecular weight excluding hydrogens is 374 g/mol. The second kappa shape index (κ2) is 7.98. The highest BCUT2D eigenvalue weighted by Crippen LogP contribution is 2.44. The number of carbonyl (C=O) groups is 1. The molecule has 1 amide bonds. The molecule has 4 rings (SSSR count). The van der Waals surface area contributed by atoms with E-state index < -0.39 is 0 Å². The van der Waals surface area contributed by atoms with Gasteiger partial charge in [0, 0.05) is 11.3 Å². The van der Waals surface area contributed by atoms with Crippen LogP contribution in [0.5, 0.6) is 11.5 Å². The number of methoxy groups -OCH3 is 1. The van der Waals surface area contributed by atoms with Gasteiger partial charge in [-0.3, -0.25) is 9.89 Å². The molecule has 0 saturated heterocycles. The van der Waals surface area contributed by atoms with Gasteiger partial charge in [0.2, 0.25) is 5.91 Å². The third kappa shape index (κ3) is 3.71. The molecule has 28 heavy (non-hydrogen) atoms. The van der Waals surface area contributed by atoms with Crippen molar-refractivity contribution >= 4 is 23.5 Å². The van der Waals surface area contributed by atoms with E-state index >= 15 is 0 Å². The first kappa shape index (κ1) is 18.4. The van der Waals surface area contributed by atoms with Gasteiger partial charge in [-0.15, -0.1) is 11.8 Å². The maximum absolute atomic E-state index is 12.0. The molecule has 1 aliphatic heterocycles. The number of aromatic nitrogens is 2. The highest BCUT2D eigenvalue weighted by atomic mass is 32.2. The first-order chi connectivity index (χ1) is 13.7. The van der Waals surface area contributed by atoms with Gasteiger partial charge in [-0.1, -0.05) is 36.4 Å². The molecule has 1 atom stereocenters. The fourth-order valence-electron chi connectivity index (χ4n) is 3.23. The van der Waals surface area contributed by atoms with Gasteiger partial charge in [0.15, 0.2) is 17.3 Å². The Bertz CT molecular complexity index is 988. The van der Waals surface area contributed by atoms with E-state index in [1.54, 1.807) is 18.9 Å². The molecule has 2 aromatic carbocycles. The first-order valence-electron chi connectivity index (χ1n) is 8.96. The summed E-state index contributed by atoms with van der Waals surface area (Å²) < 4.78 is 11.5. The van der Waals surface area contributed by atoms with Crippen molar-refractivity contribution in [3.63, 3.8) is 0 Å². The van der Waals surface area contributed by atoms with Crippen molar-refractivity contribution in [3.8, 4) is 11.5 Å².